The van der Waals surface area contributed by atoms with Gasteiger partial charge in [0.1, 0.15) is 5.60 Å². The molecule has 1 unspecified atom stereocenters. The maximum atomic E-state index is 12.3. The number of carbonyl (C=O) groups excluding carboxylic acids is 2. The molecule has 2 amide bonds. The smallest absolute Gasteiger partial charge is 0.410 e. The van der Waals surface area contributed by atoms with Crippen molar-refractivity contribution in [3.8, 4) is 0 Å². The second-order valence-corrected chi connectivity index (χ2v) is 7.49. The molecule has 6 nitrogen and oxygen atoms in total. The van der Waals surface area contributed by atoms with E-state index in [4.69, 9.17) is 4.74 Å². The molecule has 130 valence electrons. The number of amides is 2. The summed E-state index contributed by atoms with van der Waals surface area (Å²) in [6.45, 7) is 9.35. The third-order valence-corrected chi connectivity index (χ3v) is 4.38. The first-order valence-corrected chi connectivity index (χ1v) is 8.38. The number of rotatable bonds is 0. The van der Waals surface area contributed by atoms with Crippen LogP contribution in [0.1, 0.15) is 32.8 Å². The molecule has 0 aromatic heterocycles. The number of para-hydroxylation sites is 1. The molecule has 0 aliphatic carbocycles. The van der Waals surface area contributed by atoms with Gasteiger partial charge in [-0.15, -0.1) is 0 Å². The molecular weight excluding hydrogens is 306 g/mol. The zero-order valence-electron chi connectivity index (χ0n) is 14.8. The van der Waals surface area contributed by atoms with E-state index in [1.54, 1.807) is 4.90 Å². The van der Waals surface area contributed by atoms with Crippen LogP contribution in [0.4, 0.5) is 16.2 Å². The predicted molar refractivity (Wildman–Crippen MR) is 93.4 cm³/mol. The summed E-state index contributed by atoms with van der Waals surface area (Å²) in [4.78, 5) is 28.6. The van der Waals surface area contributed by atoms with Crippen molar-refractivity contribution in [3.63, 3.8) is 0 Å². The standard InChI is InChI=1S/C18H25N3O3/c1-12-6-5-7-14-16(12)19-15(22)10-13-11-20(8-9-21(13)14)17(23)24-18(2,3)4/h5-7,13H,8-11H2,1-4H3,(H,19,22). The van der Waals surface area contributed by atoms with E-state index in [0.717, 1.165) is 16.9 Å². The zero-order chi connectivity index (χ0) is 17.5. The number of nitrogens with zero attached hydrogens (tertiary/aromatic N) is 2. The summed E-state index contributed by atoms with van der Waals surface area (Å²) in [5, 5.41) is 3.01. The van der Waals surface area contributed by atoms with E-state index in [0.29, 0.717) is 26.1 Å². The molecule has 1 N–H and O–H groups in total. The van der Waals surface area contributed by atoms with Gasteiger partial charge >= 0.3 is 6.09 Å². The van der Waals surface area contributed by atoms with Crippen LogP contribution < -0.4 is 10.2 Å². The van der Waals surface area contributed by atoms with Crippen molar-refractivity contribution in [2.24, 2.45) is 0 Å². The summed E-state index contributed by atoms with van der Waals surface area (Å²) in [6.07, 6.45) is 0.0595. The largest absolute Gasteiger partial charge is 0.444 e. The van der Waals surface area contributed by atoms with Crippen LogP contribution >= 0.6 is 0 Å². The maximum Gasteiger partial charge on any atom is 0.410 e. The quantitative estimate of drug-likeness (QED) is 0.794. The third-order valence-electron chi connectivity index (χ3n) is 4.38. The molecule has 3 rings (SSSR count). The number of benzene rings is 1. The number of fused-ring (bicyclic) bond motifs is 3. The molecule has 6 heteroatoms. The van der Waals surface area contributed by atoms with Gasteiger partial charge in [0.15, 0.2) is 0 Å². The normalized spacial score (nSPS) is 20.7. The highest BCUT2D eigenvalue weighted by Crippen LogP contribution is 2.35. The molecule has 0 saturated carbocycles. The summed E-state index contributed by atoms with van der Waals surface area (Å²) in [6, 6.07) is 6.00. The van der Waals surface area contributed by atoms with Crippen molar-refractivity contribution in [3.05, 3.63) is 23.8 Å². The first-order valence-electron chi connectivity index (χ1n) is 8.38. The van der Waals surface area contributed by atoms with E-state index in [2.05, 4.69) is 10.2 Å². The highest BCUT2D eigenvalue weighted by atomic mass is 16.6. The molecule has 1 fully saturated rings. The van der Waals surface area contributed by atoms with Crippen LogP contribution in [0.5, 0.6) is 0 Å². The number of nitrogens with one attached hydrogen (secondary N) is 1. The lowest BCUT2D eigenvalue weighted by atomic mass is 10.1. The lowest BCUT2D eigenvalue weighted by molar-refractivity contribution is -0.116. The Hall–Kier alpha value is -2.24. The van der Waals surface area contributed by atoms with Crippen molar-refractivity contribution in [1.82, 2.24) is 4.90 Å². The average Bonchev–Trinajstić information content (AvgIpc) is 2.61. The van der Waals surface area contributed by atoms with E-state index in [9.17, 15) is 9.59 Å². The van der Waals surface area contributed by atoms with Crippen LogP contribution in [-0.4, -0.2) is 48.2 Å². The van der Waals surface area contributed by atoms with Crippen molar-refractivity contribution in [2.45, 2.75) is 45.8 Å². The first-order chi connectivity index (χ1) is 11.2. The Labute approximate surface area is 142 Å². The van der Waals surface area contributed by atoms with Crippen molar-refractivity contribution in [1.29, 1.82) is 0 Å². The molecule has 1 atom stereocenters. The minimum Gasteiger partial charge on any atom is -0.444 e. The summed E-state index contributed by atoms with van der Waals surface area (Å²) in [5.74, 6) is -0.0101. The number of aryl methyl sites for hydroxylation is 1. The maximum absolute atomic E-state index is 12.3. The Morgan fingerprint density at radius 1 is 1.29 bits per heavy atom. The molecule has 1 aromatic rings. The molecular formula is C18H25N3O3. The fourth-order valence-corrected chi connectivity index (χ4v) is 3.30. The third kappa shape index (κ3) is 3.32. The van der Waals surface area contributed by atoms with Gasteiger partial charge in [-0.2, -0.15) is 0 Å². The van der Waals surface area contributed by atoms with Crippen LogP contribution in [0.15, 0.2) is 18.2 Å². The lowest BCUT2D eigenvalue weighted by Crippen LogP contribution is -2.55. The number of anilines is 2. The van der Waals surface area contributed by atoms with Crippen LogP contribution in [0.3, 0.4) is 0 Å². The van der Waals surface area contributed by atoms with Crippen LogP contribution in [-0.2, 0) is 9.53 Å². The number of hydrogen-bond acceptors (Lipinski definition) is 4. The number of ether oxygens (including phenoxy) is 1. The minimum absolute atomic E-state index is 0.0101. The Kier molecular flexibility index (Phi) is 4.15. The second-order valence-electron chi connectivity index (χ2n) is 7.49. The van der Waals surface area contributed by atoms with Crippen LogP contribution in [0.2, 0.25) is 0 Å². The number of hydrogen-bond donors (Lipinski definition) is 1. The molecule has 24 heavy (non-hydrogen) atoms. The SMILES string of the molecule is Cc1cccc2c1NC(=O)CC1CN(C(=O)OC(C)(C)C)CCN21. The van der Waals surface area contributed by atoms with Gasteiger partial charge in [0.2, 0.25) is 5.91 Å². The zero-order valence-corrected chi connectivity index (χ0v) is 14.8. The monoisotopic (exact) mass is 331 g/mol. The fraction of sp³-hybridized carbons (Fsp3) is 0.556. The van der Waals surface area contributed by atoms with E-state index in [1.807, 2.05) is 45.9 Å². The molecule has 2 heterocycles. The Bertz CT molecular complexity index is 666. The molecule has 0 spiro atoms. The fourth-order valence-electron chi connectivity index (χ4n) is 3.30. The van der Waals surface area contributed by atoms with Gasteiger partial charge in [0.05, 0.1) is 17.4 Å². The van der Waals surface area contributed by atoms with Crippen LogP contribution in [0, 0.1) is 6.92 Å². The molecule has 0 radical (unpaired) electrons. The van der Waals surface area contributed by atoms with Crippen molar-refractivity contribution >= 4 is 23.4 Å². The van der Waals surface area contributed by atoms with Crippen molar-refractivity contribution < 1.29 is 14.3 Å². The molecule has 1 aromatic carbocycles. The average molecular weight is 331 g/mol. The van der Waals surface area contributed by atoms with Gasteiger partial charge in [0, 0.05) is 26.1 Å². The predicted octanol–water partition coefficient (Wildman–Crippen LogP) is 2.76. The Balaban J connectivity index is 1.82. The van der Waals surface area contributed by atoms with Crippen LogP contribution in [0.25, 0.3) is 0 Å². The molecule has 1 saturated heterocycles. The lowest BCUT2D eigenvalue weighted by Gasteiger charge is -2.42. The highest BCUT2D eigenvalue weighted by molar-refractivity contribution is 5.98. The van der Waals surface area contributed by atoms with E-state index >= 15 is 0 Å². The molecule has 2 aliphatic heterocycles. The van der Waals surface area contributed by atoms with E-state index < -0.39 is 5.60 Å². The van der Waals surface area contributed by atoms with Gasteiger partial charge in [-0.25, -0.2) is 4.79 Å². The van der Waals surface area contributed by atoms with Gasteiger partial charge in [-0.1, -0.05) is 12.1 Å². The molecule has 2 aliphatic rings. The minimum atomic E-state index is -0.515. The first kappa shape index (κ1) is 16.6. The summed E-state index contributed by atoms with van der Waals surface area (Å²) in [7, 11) is 0. The Morgan fingerprint density at radius 3 is 2.75 bits per heavy atom. The number of piperazine rings is 1. The van der Waals surface area contributed by atoms with Gasteiger partial charge in [-0.05, 0) is 39.3 Å². The summed E-state index contributed by atoms with van der Waals surface area (Å²) < 4.78 is 5.47. The van der Waals surface area contributed by atoms with E-state index in [-0.39, 0.29) is 18.0 Å². The number of carbonyl (C=O) groups is 2. The molecule has 0 bridgehead atoms. The Morgan fingerprint density at radius 2 is 2.04 bits per heavy atom. The second kappa shape index (κ2) is 6.00. The summed E-state index contributed by atoms with van der Waals surface area (Å²) in [5.41, 5.74) is 2.46. The van der Waals surface area contributed by atoms with Gasteiger partial charge in [0.25, 0.3) is 0 Å². The van der Waals surface area contributed by atoms with E-state index in [1.165, 1.54) is 0 Å². The van der Waals surface area contributed by atoms with Gasteiger partial charge in [-0.3, -0.25) is 4.79 Å². The topological polar surface area (TPSA) is 61.9 Å². The highest BCUT2D eigenvalue weighted by Gasteiger charge is 2.36. The summed E-state index contributed by atoms with van der Waals surface area (Å²) >= 11 is 0. The van der Waals surface area contributed by atoms with Gasteiger partial charge < -0.3 is 19.9 Å². The van der Waals surface area contributed by atoms with Crippen molar-refractivity contribution in [2.75, 3.05) is 29.9 Å².